The van der Waals surface area contributed by atoms with Crippen LogP contribution in [0.4, 0.5) is 4.79 Å². The summed E-state index contributed by atoms with van der Waals surface area (Å²) in [5.74, 6) is -1.89. The van der Waals surface area contributed by atoms with Crippen LogP contribution in [0.1, 0.15) is 28.7 Å². The average molecular weight is 475 g/mol. The van der Waals surface area contributed by atoms with Crippen molar-refractivity contribution in [1.82, 2.24) is 10.6 Å². The molecule has 2 amide bonds. The Morgan fingerprint density at radius 1 is 0.886 bits per heavy atom. The zero-order valence-electron chi connectivity index (χ0n) is 19.1. The van der Waals surface area contributed by atoms with E-state index in [1.165, 1.54) is 7.11 Å². The SMILES string of the molecule is COC(CNC(=O)[C@H](NC(=O)OCC1c2ccccc2-c2ccccc21)c1ccccc1)C(=O)O. The number of rotatable bonds is 9. The van der Waals surface area contributed by atoms with Gasteiger partial charge in [0.05, 0.1) is 6.54 Å². The molecule has 0 radical (unpaired) electrons. The lowest BCUT2D eigenvalue weighted by atomic mass is 9.98. The maximum absolute atomic E-state index is 12.9. The first-order chi connectivity index (χ1) is 17.0. The number of hydrogen-bond donors (Lipinski definition) is 3. The van der Waals surface area contributed by atoms with Gasteiger partial charge in [0.25, 0.3) is 0 Å². The molecule has 180 valence electrons. The second kappa shape index (κ2) is 10.8. The minimum absolute atomic E-state index is 0.105. The normalized spacial score (nSPS) is 13.7. The van der Waals surface area contributed by atoms with Crippen molar-refractivity contribution in [2.75, 3.05) is 20.3 Å². The molecule has 2 atom stereocenters. The Bertz CT molecular complexity index is 1170. The van der Waals surface area contributed by atoms with Gasteiger partial charge in [-0.1, -0.05) is 78.9 Å². The smallest absolute Gasteiger partial charge is 0.408 e. The Labute approximate surface area is 202 Å². The molecule has 0 heterocycles. The van der Waals surface area contributed by atoms with E-state index in [1.54, 1.807) is 30.3 Å². The molecule has 4 rings (SSSR count). The van der Waals surface area contributed by atoms with E-state index in [-0.39, 0.29) is 19.1 Å². The minimum Gasteiger partial charge on any atom is -0.479 e. The van der Waals surface area contributed by atoms with Crippen LogP contribution in [0.15, 0.2) is 78.9 Å². The molecule has 0 saturated carbocycles. The van der Waals surface area contributed by atoms with E-state index in [0.29, 0.717) is 5.56 Å². The van der Waals surface area contributed by atoms with Crippen LogP contribution in [0.2, 0.25) is 0 Å². The largest absolute Gasteiger partial charge is 0.479 e. The van der Waals surface area contributed by atoms with E-state index >= 15 is 0 Å². The molecule has 8 heteroatoms. The van der Waals surface area contributed by atoms with Gasteiger partial charge in [0, 0.05) is 13.0 Å². The van der Waals surface area contributed by atoms with Crippen molar-refractivity contribution in [1.29, 1.82) is 0 Å². The predicted molar refractivity (Wildman–Crippen MR) is 129 cm³/mol. The highest BCUT2D eigenvalue weighted by Gasteiger charge is 2.30. The number of carbonyl (C=O) groups is 3. The molecule has 3 N–H and O–H groups in total. The third kappa shape index (κ3) is 5.33. The lowest BCUT2D eigenvalue weighted by Gasteiger charge is -2.21. The maximum atomic E-state index is 12.9. The molecule has 1 unspecified atom stereocenters. The van der Waals surface area contributed by atoms with Crippen molar-refractivity contribution in [2.24, 2.45) is 0 Å². The van der Waals surface area contributed by atoms with Crippen LogP contribution in [0.3, 0.4) is 0 Å². The van der Waals surface area contributed by atoms with Gasteiger partial charge in [-0.3, -0.25) is 4.79 Å². The number of carbonyl (C=O) groups excluding carboxylic acids is 2. The zero-order chi connectivity index (χ0) is 24.8. The van der Waals surface area contributed by atoms with Gasteiger partial charge in [0.2, 0.25) is 5.91 Å². The molecular weight excluding hydrogens is 448 g/mol. The lowest BCUT2D eigenvalue weighted by molar-refractivity contribution is -0.148. The number of fused-ring (bicyclic) bond motifs is 3. The van der Waals surface area contributed by atoms with Crippen molar-refractivity contribution < 1.29 is 29.0 Å². The lowest BCUT2D eigenvalue weighted by Crippen LogP contribution is -2.44. The topological polar surface area (TPSA) is 114 Å². The Morgan fingerprint density at radius 2 is 1.46 bits per heavy atom. The fourth-order valence-electron chi connectivity index (χ4n) is 4.27. The van der Waals surface area contributed by atoms with Crippen LogP contribution in [0.5, 0.6) is 0 Å². The first kappa shape index (κ1) is 24.0. The summed E-state index contributed by atoms with van der Waals surface area (Å²) in [6, 6.07) is 23.6. The fourth-order valence-corrected chi connectivity index (χ4v) is 4.27. The third-order valence-corrected chi connectivity index (χ3v) is 6.02. The van der Waals surface area contributed by atoms with Gasteiger partial charge in [0.1, 0.15) is 12.6 Å². The van der Waals surface area contributed by atoms with E-state index in [2.05, 4.69) is 22.8 Å². The number of benzene rings is 3. The number of carboxylic acids is 1. The highest BCUT2D eigenvalue weighted by Crippen LogP contribution is 2.44. The molecule has 0 spiro atoms. The van der Waals surface area contributed by atoms with Crippen molar-refractivity contribution >= 4 is 18.0 Å². The van der Waals surface area contributed by atoms with E-state index in [1.807, 2.05) is 36.4 Å². The van der Waals surface area contributed by atoms with Gasteiger partial charge in [-0.2, -0.15) is 0 Å². The number of methoxy groups -OCH3 is 1. The molecule has 3 aromatic carbocycles. The Hall–Kier alpha value is -4.17. The van der Waals surface area contributed by atoms with Crippen LogP contribution in [0.25, 0.3) is 11.1 Å². The third-order valence-electron chi connectivity index (χ3n) is 6.02. The zero-order valence-corrected chi connectivity index (χ0v) is 19.1. The molecule has 0 aromatic heterocycles. The van der Waals surface area contributed by atoms with Crippen LogP contribution >= 0.6 is 0 Å². The van der Waals surface area contributed by atoms with Crippen LogP contribution in [-0.4, -0.2) is 49.4 Å². The molecule has 0 bridgehead atoms. The first-order valence-electron chi connectivity index (χ1n) is 11.2. The Kier molecular flexibility index (Phi) is 7.42. The summed E-state index contributed by atoms with van der Waals surface area (Å²) in [7, 11) is 1.24. The molecule has 3 aromatic rings. The van der Waals surface area contributed by atoms with Crippen molar-refractivity contribution in [3.63, 3.8) is 0 Å². The number of carboxylic acid groups (broad SMARTS) is 1. The molecule has 1 aliphatic rings. The van der Waals surface area contributed by atoms with Crippen molar-refractivity contribution in [3.05, 3.63) is 95.6 Å². The summed E-state index contributed by atoms with van der Waals surface area (Å²) in [4.78, 5) is 36.8. The van der Waals surface area contributed by atoms with Gasteiger partial charge in [-0.05, 0) is 27.8 Å². The molecule has 1 aliphatic carbocycles. The summed E-state index contributed by atoms with van der Waals surface area (Å²) < 4.78 is 10.4. The molecule has 0 aliphatic heterocycles. The van der Waals surface area contributed by atoms with Gasteiger partial charge in [0.15, 0.2) is 6.10 Å². The van der Waals surface area contributed by atoms with Gasteiger partial charge in [-0.15, -0.1) is 0 Å². The van der Waals surface area contributed by atoms with Crippen LogP contribution in [-0.2, 0) is 19.1 Å². The number of amides is 2. The molecular formula is C27H26N2O6. The number of nitrogens with one attached hydrogen (secondary N) is 2. The summed E-state index contributed by atoms with van der Waals surface area (Å²) in [5, 5.41) is 14.3. The molecule has 35 heavy (non-hydrogen) atoms. The monoisotopic (exact) mass is 474 g/mol. The van der Waals surface area contributed by atoms with E-state index in [0.717, 1.165) is 22.3 Å². The highest BCUT2D eigenvalue weighted by molar-refractivity contribution is 5.87. The Morgan fingerprint density at radius 3 is 2.03 bits per heavy atom. The van der Waals surface area contributed by atoms with Gasteiger partial charge < -0.3 is 25.2 Å². The molecule has 8 nitrogen and oxygen atoms in total. The van der Waals surface area contributed by atoms with Crippen LogP contribution in [0, 0.1) is 0 Å². The number of aliphatic carboxylic acids is 1. The quantitative estimate of drug-likeness (QED) is 0.438. The summed E-state index contributed by atoms with van der Waals surface area (Å²) in [6.45, 7) is -0.145. The maximum Gasteiger partial charge on any atom is 0.408 e. The van der Waals surface area contributed by atoms with Gasteiger partial charge >= 0.3 is 12.1 Å². The van der Waals surface area contributed by atoms with E-state index in [4.69, 9.17) is 14.6 Å². The number of alkyl carbamates (subject to hydrolysis) is 1. The highest BCUT2D eigenvalue weighted by atomic mass is 16.5. The molecule has 0 saturated heterocycles. The number of hydrogen-bond acceptors (Lipinski definition) is 5. The van der Waals surface area contributed by atoms with Crippen LogP contribution < -0.4 is 10.6 Å². The second-order valence-corrected chi connectivity index (χ2v) is 8.12. The first-order valence-corrected chi connectivity index (χ1v) is 11.2. The second-order valence-electron chi connectivity index (χ2n) is 8.12. The van der Waals surface area contributed by atoms with Crippen molar-refractivity contribution in [2.45, 2.75) is 18.1 Å². The average Bonchev–Trinajstić information content (AvgIpc) is 3.20. The van der Waals surface area contributed by atoms with E-state index < -0.39 is 30.1 Å². The minimum atomic E-state index is -1.20. The van der Waals surface area contributed by atoms with Gasteiger partial charge in [-0.25, -0.2) is 9.59 Å². The molecule has 0 fully saturated rings. The standard InChI is InChI=1S/C27H26N2O6/c1-34-23(26(31)32)15-28-25(30)24(17-9-3-2-4-10-17)29-27(33)35-16-22-20-13-7-5-11-18(20)19-12-6-8-14-21(19)22/h2-14,22-24H,15-16H2,1H3,(H,28,30)(H,29,33)(H,31,32)/t23?,24-/m1/s1. The number of ether oxygens (including phenoxy) is 2. The predicted octanol–water partition coefficient (Wildman–Crippen LogP) is 3.48. The summed E-state index contributed by atoms with van der Waals surface area (Å²) in [6.07, 6.45) is -1.96. The Balaban J connectivity index is 1.45. The van der Waals surface area contributed by atoms with E-state index in [9.17, 15) is 14.4 Å². The summed E-state index contributed by atoms with van der Waals surface area (Å²) >= 11 is 0. The van der Waals surface area contributed by atoms with Crippen molar-refractivity contribution in [3.8, 4) is 11.1 Å². The fraction of sp³-hybridized carbons (Fsp3) is 0.222. The summed E-state index contributed by atoms with van der Waals surface area (Å²) in [5.41, 5.74) is 4.92.